The van der Waals surface area contributed by atoms with E-state index in [0.29, 0.717) is 11.0 Å². The van der Waals surface area contributed by atoms with E-state index in [0.717, 1.165) is 0 Å². The predicted octanol–water partition coefficient (Wildman–Crippen LogP) is 0.466. The van der Waals surface area contributed by atoms with Gasteiger partial charge in [0.05, 0.1) is 17.1 Å². The Hall–Kier alpha value is -1.11. The summed E-state index contributed by atoms with van der Waals surface area (Å²) in [5.41, 5.74) is 0.594. The van der Waals surface area contributed by atoms with Crippen LogP contribution in [0.2, 0.25) is 5.02 Å². The van der Waals surface area contributed by atoms with Gasteiger partial charge < -0.3 is 9.68 Å². The number of nitro groups is 1. The zero-order valence-corrected chi connectivity index (χ0v) is 7.69. The van der Waals surface area contributed by atoms with Crippen molar-refractivity contribution in [1.82, 2.24) is 0 Å². The molecule has 2 rings (SSSR count). The summed E-state index contributed by atoms with van der Waals surface area (Å²) >= 11 is 5.67. The van der Waals surface area contributed by atoms with Crippen LogP contribution < -0.4 is 5.46 Å². The lowest BCUT2D eigenvalue weighted by atomic mass is 9.79. The van der Waals surface area contributed by atoms with Gasteiger partial charge in [-0.3, -0.25) is 10.1 Å². The summed E-state index contributed by atoms with van der Waals surface area (Å²) in [6.45, 7) is 0.0212. The average molecular weight is 213 g/mol. The van der Waals surface area contributed by atoms with Crippen LogP contribution in [-0.4, -0.2) is 17.1 Å². The van der Waals surface area contributed by atoms with Crippen molar-refractivity contribution in [3.05, 3.63) is 32.8 Å². The van der Waals surface area contributed by atoms with E-state index in [-0.39, 0.29) is 17.3 Å². The maximum atomic E-state index is 10.7. The maximum absolute atomic E-state index is 10.7. The van der Waals surface area contributed by atoms with Gasteiger partial charge in [0, 0.05) is 0 Å². The molecule has 0 saturated carbocycles. The molecule has 0 bridgehead atoms. The van der Waals surface area contributed by atoms with Gasteiger partial charge in [-0.05, 0) is 11.5 Å². The molecule has 5 nitrogen and oxygen atoms in total. The minimum absolute atomic E-state index is 0.0212. The Morgan fingerprint density at radius 3 is 3.00 bits per heavy atom. The molecule has 0 aliphatic carbocycles. The summed E-state index contributed by atoms with van der Waals surface area (Å²) in [4.78, 5) is 10.1. The zero-order chi connectivity index (χ0) is 10.3. The first-order valence-corrected chi connectivity index (χ1v) is 4.24. The van der Waals surface area contributed by atoms with Gasteiger partial charge in [-0.2, -0.15) is 0 Å². The lowest BCUT2D eigenvalue weighted by molar-refractivity contribution is -0.385. The van der Waals surface area contributed by atoms with E-state index in [2.05, 4.69) is 0 Å². The molecule has 7 heteroatoms. The molecule has 1 N–H and O–H groups in total. The molecular weight excluding hydrogens is 208 g/mol. The van der Waals surface area contributed by atoms with Crippen LogP contribution in [-0.2, 0) is 11.3 Å². The van der Waals surface area contributed by atoms with Crippen LogP contribution in [0.3, 0.4) is 0 Å². The summed E-state index contributed by atoms with van der Waals surface area (Å²) < 4.78 is 4.86. The molecule has 0 spiro atoms. The Morgan fingerprint density at radius 2 is 2.36 bits per heavy atom. The third kappa shape index (κ3) is 1.28. The third-order valence-corrected chi connectivity index (χ3v) is 2.41. The molecule has 14 heavy (non-hydrogen) atoms. The van der Waals surface area contributed by atoms with E-state index >= 15 is 0 Å². The number of hydrogen-bond acceptors (Lipinski definition) is 4. The Labute approximate surface area is 84.5 Å². The monoisotopic (exact) mass is 213 g/mol. The van der Waals surface area contributed by atoms with Gasteiger partial charge in [-0.15, -0.1) is 0 Å². The third-order valence-electron chi connectivity index (χ3n) is 2.10. The van der Waals surface area contributed by atoms with Gasteiger partial charge >= 0.3 is 7.12 Å². The SMILES string of the molecule is O=[N+]([O-])c1c(Cl)ccc2c1COB2O. The smallest absolute Gasteiger partial charge is 0.423 e. The van der Waals surface area contributed by atoms with Gasteiger partial charge in [0.1, 0.15) is 5.02 Å². The fourth-order valence-electron chi connectivity index (χ4n) is 1.46. The Balaban J connectivity index is 2.65. The van der Waals surface area contributed by atoms with Crippen molar-refractivity contribution in [2.45, 2.75) is 6.61 Å². The molecule has 0 unspecified atom stereocenters. The second kappa shape index (κ2) is 3.23. The first-order chi connectivity index (χ1) is 6.61. The van der Waals surface area contributed by atoms with E-state index < -0.39 is 12.0 Å². The molecule has 1 aromatic rings. The molecule has 1 heterocycles. The molecular formula is C7H5BClNO4. The normalized spacial score (nSPS) is 14.3. The van der Waals surface area contributed by atoms with Crippen LogP contribution in [0.5, 0.6) is 0 Å². The number of benzene rings is 1. The van der Waals surface area contributed by atoms with E-state index in [4.69, 9.17) is 16.3 Å². The van der Waals surface area contributed by atoms with Crippen molar-refractivity contribution in [3.8, 4) is 0 Å². The maximum Gasteiger partial charge on any atom is 0.492 e. The van der Waals surface area contributed by atoms with Crippen molar-refractivity contribution in [2.24, 2.45) is 0 Å². The topological polar surface area (TPSA) is 72.6 Å². The Bertz CT molecular complexity index is 411. The van der Waals surface area contributed by atoms with Crippen LogP contribution in [0.25, 0.3) is 0 Å². The van der Waals surface area contributed by atoms with Gasteiger partial charge in [0.25, 0.3) is 5.69 Å². The molecule has 1 aromatic carbocycles. The molecule has 0 fully saturated rings. The quantitative estimate of drug-likeness (QED) is 0.418. The fourth-order valence-corrected chi connectivity index (χ4v) is 1.70. The number of fused-ring (bicyclic) bond motifs is 1. The molecule has 1 aliphatic heterocycles. The van der Waals surface area contributed by atoms with Crippen molar-refractivity contribution in [1.29, 1.82) is 0 Å². The summed E-state index contributed by atoms with van der Waals surface area (Å²) in [5.74, 6) is 0. The van der Waals surface area contributed by atoms with Crippen molar-refractivity contribution < 1.29 is 14.6 Å². The number of rotatable bonds is 1. The molecule has 0 aromatic heterocycles. The lowest BCUT2D eigenvalue weighted by Crippen LogP contribution is -2.28. The van der Waals surface area contributed by atoms with Crippen molar-refractivity contribution in [3.63, 3.8) is 0 Å². The summed E-state index contributed by atoms with van der Waals surface area (Å²) in [6, 6.07) is 2.92. The number of hydrogen-bond donors (Lipinski definition) is 1. The minimum atomic E-state index is -1.08. The largest absolute Gasteiger partial charge is 0.492 e. The summed E-state index contributed by atoms with van der Waals surface area (Å²) in [7, 11) is -1.08. The fraction of sp³-hybridized carbons (Fsp3) is 0.143. The first-order valence-electron chi connectivity index (χ1n) is 3.86. The highest BCUT2D eigenvalue weighted by atomic mass is 35.5. The molecule has 72 valence electrons. The van der Waals surface area contributed by atoms with Gasteiger partial charge in [-0.25, -0.2) is 0 Å². The summed E-state index contributed by atoms with van der Waals surface area (Å²) in [5, 5.41) is 20.0. The molecule has 1 aliphatic rings. The van der Waals surface area contributed by atoms with Gasteiger partial charge in [0.2, 0.25) is 0 Å². The zero-order valence-electron chi connectivity index (χ0n) is 6.94. The minimum Gasteiger partial charge on any atom is -0.423 e. The molecule has 0 amide bonds. The van der Waals surface area contributed by atoms with Crippen LogP contribution >= 0.6 is 11.6 Å². The highest BCUT2D eigenvalue weighted by Gasteiger charge is 2.34. The molecule has 0 saturated heterocycles. The van der Waals surface area contributed by atoms with Gasteiger partial charge in [0.15, 0.2) is 0 Å². The second-order valence-electron chi connectivity index (χ2n) is 2.88. The standard InChI is InChI=1S/C7H5BClNO4/c9-6-2-1-5-4(3-14-8(5)11)7(6)10(12)13/h1-2,11H,3H2. The molecule has 0 atom stereocenters. The van der Waals surface area contributed by atoms with Crippen LogP contribution in [0.4, 0.5) is 5.69 Å². The number of nitro benzene ring substituents is 1. The highest BCUT2D eigenvalue weighted by Crippen LogP contribution is 2.29. The lowest BCUT2D eigenvalue weighted by Gasteiger charge is -2.00. The van der Waals surface area contributed by atoms with Crippen LogP contribution in [0.15, 0.2) is 12.1 Å². The highest BCUT2D eigenvalue weighted by molar-refractivity contribution is 6.62. The Morgan fingerprint density at radius 1 is 1.64 bits per heavy atom. The van der Waals surface area contributed by atoms with Crippen molar-refractivity contribution >= 4 is 29.9 Å². The number of halogens is 1. The second-order valence-corrected chi connectivity index (χ2v) is 3.29. The van der Waals surface area contributed by atoms with Gasteiger partial charge in [-0.1, -0.05) is 17.7 Å². The predicted molar refractivity (Wildman–Crippen MR) is 50.5 cm³/mol. The van der Waals surface area contributed by atoms with Crippen LogP contribution in [0, 0.1) is 10.1 Å². The van der Waals surface area contributed by atoms with E-state index in [9.17, 15) is 15.1 Å². The average Bonchev–Trinajstić information content (AvgIpc) is 2.47. The molecule has 0 radical (unpaired) electrons. The van der Waals surface area contributed by atoms with E-state index in [1.807, 2.05) is 0 Å². The first kappa shape index (κ1) is 9.45. The number of nitrogens with zero attached hydrogens (tertiary/aromatic N) is 1. The van der Waals surface area contributed by atoms with E-state index in [1.54, 1.807) is 0 Å². The van der Waals surface area contributed by atoms with E-state index in [1.165, 1.54) is 12.1 Å². The van der Waals surface area contributed by atoms with Crippen LogP contribution in [0.1, 0.15) is 5.56 Å². The Kier molecular flexibility index (Phi) is 2.18. The summed E-state index contributed by atoms with van der Waals surface area (Å²) in [6.07, 6.45) is 0. The van der Waals surface area contributed by atoms with Crippen molar-refractivity contribution in [2.75, 3.05) is 0 Å².